The Balaban J connectivity index is 2.01. The Hall–Kier alpha value is -1.88. The summed E-state index contributed by atoms with van der Waals surface area (Å²) in [7, 11) is 0. The molecule has 5 heteroatoms. The van der Waals surface area contributed by atoms with Gasteiger partial charge in [-0.1, -0.05) is 5.16 Å². The van der Waals surface area contributed by atoms with Crippen LogP contribution in [0.2, 0.25) is 0 Å². The summed E-state index contributed by atoms with van der Waals surface area (Å²) in [5.74, 6) is 0.785. The lowest BCUT2D eigenvalue weighted by atomic mass is 10.1. The minimum absolute atomic E-state index is 0.0231. The van der Waals surface area contributed by atoms with Crippen LogP contribution in [0.25, 0.3) is 0 Å². The van der Waals surface area contributed by atoms with E-state index >= 15 is 0 Å². The number of hydrogen-bond donors (Lipinski definition) is 1. The van der Waals surface area contributed by atoms with E-state index in [0.717, 1.165) is 11.3 Å². The number of hydrogen-bond acceptors (Lipinski definition) is 4. The molecule has 0 aliphatic rings. The SMILES string of the molecule is Cc1cc(COc2cc(F)cc(CNC(C)(C)C)c2)on1. The van der Waals surface area contributed by atoms with E-state index in [4.69, 9.17) is 9.26 Å². The molecule has 0 amide bonds. The zero-order valence-electron chi connectivity index (χ0n) is 12.9. The number of rotatable bonds is 5. The normalized spacial score (nSPS) is 11.7. The minimum Gasteiger partial charge on any atom is -0.485 e. The van der Waals surface area contributed by atoms with Crippen molar-refractivity contribution in [2.45, 2.75) is 46.4 Å². The molecule has 0 aliphatic carbocycles. The summed E-state index contributed by atoms with van der Waals surface area (Å²) in [6, 6.07) is 6.49. The molecule has 0 radical (unpaired) electrons. The monoisotopic (exact) mass is 292 g/mol. The van der Waals surface area contributed by atoms with Crippen molar-refractivity contribution in [3.63, 3.8) is 0 Å². The molecule has 1 N–H and O–H groups in total. The fourth-order valence-corrected chi connectivity index (χ4v) is 1.81. The topological polar surface area (TPSA) is 47.3 Å². The van der Waals surface area contributed by atoms with Crippen LogP contribution in [0.5, 0.6) is 5.75 Å². The number of nitrogens with one attached hydrogen (secondary N) is 1. The molecule has 0 unspecified atom stereocenters. The first kappa shape index (κ1) is 15.5. The predicted molar refractivity (Wildman–Crippen MR) is 78.6 cm³/mol. The van der Waals surface area contributed by atoms with Gasteiger partial charge in [0.2, 0.25) is 0 Å². The van der Waals surface area contributed by atoms with Gasteiger partial charge in [0.05, 0.1) is 5.69 Å². The van der Waals surface area contributed by atoms with Gasteiger partial charge in [-0.15, -0.1) is 0 Å². The van der Waals surface area contributed by atoms with E-state index in [1.54, 1.807) is 6.07 Å². The van der Waals surface area contributed by atoms with Crippen molar-refractivity contribution in [1.82, 2.24) is 10.5 Å². The van der Waals surface area contributed by atoms with Gasteiger partial charge in [0.15, 0.2) is 5.76 Å². The molecule has 0 saturated heterocycles. The largest absolute Gasteiger partial charge is 0.485 e. The number of benzene rings is 1. The van der Waals surface area contributed by atoms with Crippen molar-refractivity contribution in [2.24, 2.45) is 0 Å². The number of halogens is 1. The second-order valence-electron chi connectivity index (χ2n) is 6.12. The van der Waals surface area contributed by atoms with Gasteiger partial charge in [-0.05, 0) is 45.4 Å². The lowest BCUT2D eigenvalue weighted by molar-refractivity contribution is 0.247. The number of nitrogens with zero attached hydrogens (tertiary/aromatic N) is 1. The molecular formula is C16H21FN2O2. The van der Waals surface area contributed by atoms with Gasteiger partial charge in [0.1, 0.15) is 18.2 Å². The van der Waals surface area contributed by atoms with Crippen LogP contribution in [0.3, 0.4) is 0 Å². The molecule has 0 fully saturated rings. The summed E-state index contributed by atoms with van der Waals surface area (Å²) in [5.41, 5.74) is 1.61. The molecule has 0 atom stereocenters. The third-order valence-electron chi connectivity index (χ3n) is 2.81. The van der Waals surface area contributed by atoms with Crippen molar-refractivity contribution in [3.8, 4) is 5.75 Å². The number of aromatic nitrogens is 1. The van der Waals surface area contributed by atoms with Crippen molar-refractivity contribution in [3.05, 3.63) is 47.1 Å². The highest BCUT2D eigenvalue weighted by Gasteiger charge is 2.10. The molecule has 2 rings (SSSR count). The van der Waals surface area contributed by atoms with Crippen LogP contribution in [0.15, 0.2) is 28.8 Å². The fraction of sp³-hybridized carbons (Fsp3) is 0.438. The maximum absolute atomic E-state index is 13.6. The smallest absolute Gasteiger partial charge is 0.174 e. The number of ether oxygens (including phenoxy) is 1. The molecule has 21 heavy (non-hydrogen) atoms. The van der Waals surface area contributed by atoms with Crippen molar-refractivity contribution in [2.75, 3.05) is 0 Å². The van der Waals surface area contributed by atoms with Gasteiger partial charge < -0.3 is 14.6 Å². The second-order valence-corrected chi connectivity index (χ2v) is 6.12. The van der Waals surface area contributed by atoms with Crippen molar-refractivity contribution in [1.29, 1.82) is 0 Å². The molecule has 0 bridgehead atoms. The molecular weight excluding hydrogens is 271 g/mol. The van der Waals surface area contributed by atoms with Crippen molar-refractivity contribution >= 4 is 0 Å². The average Bonchev–Trinajstić information content (AvgIpc) is 2.79. The van der Waals surface area contributed by atoms with Crippen LogP contribution >= 0.6 is 0 Å². The van der Waals surface area contributed by atoms with E-state index in [9.17, 15) is 4.39 Å². The summed E-state index contributed by atoms with van der Waals surface area (Å²) >= 11 is 0. The third kappa shape index (κ3) is 5.19. The summed E-state index contributed by atoms with van der Waals surface area (Å²) in [6.45, 7) is 8.85. The van der Waals surface area contributed by atoms with Gasteiger partial charge in [0.25, 0.3) is 0 Å². The quantitative estimate of drug-likeness (QED) is 0.915. The highest BCUT2D eigenvalue weighted by Crippen LogP contribution is 2.18. The summed E-state index contributed by atoms with van der Waals surface area (Å²) in [4.78, 5) is 0. The molecule has 0 aliphatic heterocycles. The molecule has 1 aromatic heterocycles. The second kappa shape index (κ2) is 6.26. The van der Waals surface area contributed by atoms with Gasteiger partial charge in [-0.25, -0.2) is 4.39 Å². The molecule has 4 nitrogen and oxygen atoms in total. The third-order valence-corrected chi connectivity index (χ3v) is 2.81. The van der Waals surface area contributed by atoms with E-state index in [2.05, 4.69) is 31.2 Å². The molecule has 0 spiro atoms. The first-order valence-electron chi connectivity index (χ1n) is 6.91. The Morgan fingerprint density at radius 1 is 1.24 bits per heavy atom. The van der Waals surface area contributed by atoms with Crippen LogP contribution in [-0.2, 0) is 13.2 Å². The van der Waals surface area contributed by atoms with E-state index < -0.39 is 0 Å². The Morgan fingerprint density at radius 2 is 2.00 bits per heavy atom. The van der Waals surface area contributed by atoms with E-state index in [1.165, 1.54) is 12.1 Å². The maximum Gasteiger partial charge on any atom is 0.174 e. The van der Waals surface area contributed by atoms with Gasteiger partial charge in [-0.3, -0.25) is 0 Å². The van der Waals surface area contributed by atoms with Gasteiger partial charge in [-0.2, -0.15) is 0 Å². The highest BCUT2D eigenvalue weighted by molar-refractivity contribution is 5.29. The Bertz CT molecular complexity index is 603. The lowest BCUT2D eigenvalue weighted by Gasteiger charge is -2.20. The van der Waals surface area contributed by atoms with Crippen LogP contribution < -0.4 is 10.1 Å². The van der Waals surface area contributed by atoms with Gasteiger partial charge in [0, 0.05) is 24.2 Å². The van der Waals surface area contributed by atoms with Crippen LogP contribution in [0, 0.1) is 12.7 Å². The summed E-state index contributed by atoms with van der Waals surface area (Å²) in [6.07, 6.45) is 0. The first-order valence-corrected chi connectivity index (χ1v) is 6.91. The molecule has 2 aromatic rings. The maximum atomic E-state index is 13.6. The van der Waals surface area contributed by atoms with E-state index in [-0.39, 0.29) is 18.0 Å². The Kier molecular flexibility index (Phi) is 4.63. The van der Waals surface area contributed by atoms with Crippen molar-refractivity contribution < 1.29 is 13.7 Å². The standard InChI is InChI=1S/C16H21FN2O2/c1-11-5-15(21-19-11)10-20-14-7-12(6-13(17)8-14)9-18-16(2,3)4/h5-8,18H,9-10H2,1-4H3. The van der Waals surface area contributed by atoms with Crippen LogP contribution in [-0.4, -0.2) is 10.7 Å². The highest BCUT2D eigenvalue weighted by atomic mass is 19.1. The minimum atomic E-state index is -0.313. The molecule has 0 saturated carbocycles. The Labute approximate surface area is 124 Å². The summed E-state index contributed by atoms with van der Waals surface area (Å²) in [5, 5.41) is 7.10. The summed E-state index contributed by atoms with van der Waals surface area (Å²) < 4.78 is 24.2. The zero-order chi connectivity index (χ0) is 15.5. The van der Waals surface area contributed by atoms with Crippen LogP contribution in [0.4, 0.5) is 4.39 Å². The van der Waals surface area contributed by atoms with Gasteiger partial charge >= 0.3 is 0 Å². The first-order chi connectivity index (χ1) is 9.82. The molecule has 1 heterocycles. The fourth-order valence-electron chi connectivity index (χ4n) is 1.81. The van der Waals surface area contributed by atoms with E-state index in [1.807, 2.05) is 13.0 Å². The molecule has 114 valence electrons. The predicted octanol–water partition coefficient (Wildman–Crippen LogP) is 3.59. The number of aryl methyl sites for hydroxylation is 1. The molecule has 1 aromatic carbocycles. The van der Waals surface area contributed by atoms with E-state index in [0.29, 0.717) is 18.1 Å². The Morgan fingerprint density at radius 3 is 2.62 bits per heavy atom. The zero-order valence-corrected chi connectivity index (χ0v) is 12.9. The van der Waals surface area contributed by atoms with Crippen LogP contribution in [0.1, 0.15) is 37.8 Å². The lowest BCUT2D eigenvalue weighted by Crippen LogP contribution is -2.35. The average molecular weight is 292 g/mol.